The third kappa shape index (κ3) is 2.40. The second-order valence-corrected chi connectivity index (χ2v) is 6.26. The van der Waals surface area contributed by atoms with E-state index in [1.807, 2.05) is 15.6 Å². The number of benzene rings is 1. The Bertz CT molecular complexity index is 680. The average Bonchev–Trinajstić information content (AvgIpc) is 3.25. The molecule has 1 atom stereocenters. The molecule has 1 aliphatic carbocycles. The molecule has 0 spiro atoms. The highest BCUT2D eigenvalue weighted by Crippen LogP contribution is 2.25. The normalized spacial score (nSPS) is 20.9. The summed E-state index contributed by atoms with van der Waals surface area (Å²) in [5.41, 5.74) is 3.60. The molecule has 22 heavy (non-hydrogen) atoms. The monoisotopic (exact) mass is 296 g/mol. The topological polar surface area (TPSA) is 51.0 Å². The number of carbonyl (C=O) groups excluding carboxylic acids is 1. The maximum absolute atomic E-state index is 12.8. The van der Waals surface area contributed by atoms with Crippen molar-refractivity contribution in [1.29, 1.82) is 0 Å². The summed E-state index contributed by atoms with van der Waals surface area (Å²) in [6.45, 7) is 1.56. The van der Waals surface area contributed by atoms with E-state index in [0.717, 1.165) is 44.3 Å². The van der Waals surface area contributed by atoms with Crippen LogP contribution in [-0.2, 0) is 12.8 Å². The maximum Gasteiger partial charge on any atom is 0.253 e. The van der Waals surface area contributed by atoms with Crippen LogP contribution in [0.2, 0.25) is 0 Å². The van der Waals surface area contributed by atoms with E-state index < -0.39 is 0 Å². The molecule has 1 aromatic carbocycles. The SMILES string of the molecule is O=C(c1ccc2c(c1)CCC2)N1CCC[C@@H](n2cncn2)C1. The van der Waals surface area contributed by atoms with Gasteiger partial charge in [-0.15, -0.1) is 0 Å². The molecule has 0 radical (unpaired) electrons. The van der Waals surface area contributed by atoms with Crippen LogP contribution in [0.25, 0.3) is 0 Å². The van der Waals surface area contributed by atoms with E-state index in [1.165, 1.54) is 17.5 Å². The number of likely N-dealkylation sites (tertiary alicyclic amines) is 1. The maximum atomic E-state index is 12.8. The van der Waals surface area contributed by atoms with Crippen molar-refractivity contribution in [1.82, 2.24) is 19.7 Å². The molecular formula is C17H20N4O. The summed E-state index contributed by atoms with van der Waals surface area (Å²) in [5, 5.41) is 4.22. The summed E-state index contributed by atoms with van der Waals surface area (Å²) < 4.78 is 1.88. The first kappa shape index (κ1) is 13.5. The van der Waals surface area contributed by atoms with Crippen LogP contribution in [-0.4, -0.2) is 38.7 Å². The number of aromatic nitrogens is 3. The van der Waals surface area contributed by atoms with Gasteiger partial charge in [-0.2, -0.15) is 5.10 Å². The van der Waals surface area contributed by atoms with Crippen LogP contribution < -0.4 is 0 Å². The Kier molecular flexibility index (Phi) is 3.41. The van der Waals surface area contributed by atoms with Crippen molar-refractivity contribution >= 4 is 5.91 Å². The average molecular weight is 296 g/mol. The van der Waals surface area contributed by atoms with E-state index in [-0.39, 0.29) is 11.9 Å². The fourth-order valence-electron chi connectivity index (χ4n) is 3.65. The van der Waals surface area contributed by atoms with Crippen LogP contribution in [0.3, 0.4) is 0 Å². The molecule has 1 fully saturated rings. The van der Waals surface area contributed by atoms with Crippen molar-refractivity contribution in [2.45, 2.75) is 38.1 Å². The smallest absolute Gasteiger partial charge is 0.253 e. The molecule has 4 rings (SSSR count). The third-order valence-corrected chi connectivity index (χ3v) is 4.84. The van der Waals surface area contributed by atoms with Crippen LogP contribution in [0.15, 0.2) is 30.9 Å². The van der Waals surface area contributed by atoms with Crippen LogP contribution in [0, 0.1) is 0 Å². The highest BCUT2D eigenvalue weighted by atomic mass is 16.2. The number of hydrogen-bond acceptors (Lipinski definition) is 3. The Balaban J connectivity index is 1.52. The quantitative estimate of drug-likeness (QED) is 0.854. The van der Waals surface area contributed by atoms with Gasteiger partial charge in [-0.1, -0.05) is 6.07 Å². The predicted molar refractivity (Wildman–Crippen MR) is 82.7 cm³/mol. The minimum Gasteiger partial charge on any atom is -0.337 e. The van der Waals surface area contributed by atoms with Crippen molar-refractivity contribution in [3.8, 4) is 0 Å². The minimum absolute atomic E-state index is 0.152. The molecule has 114 valence electrons. The molecule has 5 heteroatoms. The van der Waals surface area contributed by atoms with Crippen LogP contribution in [0.1, 0.15) is 46.8 Å². The molecule has 2 aromatic rings. The minimum atomic E-state index is 0.152. The summed E-state index contributed by atoms with van der Waals surface area (Å²) >= 11 is 0. The molecule has 1 aromatic heterocycles. The Morgan fingerprint density at radius 2 is 2.09 bits per heavy atom. The van der Waals surface area contributed by atoms with Crippen molar-refractivity contribution in [2.75, 3.05) is 13.1 Å². The van der Waals surface area contributed by atoms with E-state index in [2.05, 4.69) is 22.2 Å². The second kappa shape index (κ2) is 5.55. The van der Waals surface area contributed by atoms with Crippen LogP contribution in [0.5, 0.6) is 0 Å². The molecular weight excluding hydrogens is 276 g/mol. The molecule has 0 bridgehead atoms. The van der Waals surface area contributed by atoms with E-state index in [1.54, 1.807) is 12.7 Å². The lowest BCUT2D eigenvalue weighted by Gasteiger charge is -2.32. The van der Waals surface area contributed by atoms with Gasteiger partial charge >= 0.3 is 0 Å². The molecule has 1 aliphatic heterocycles. The molecule has 0 unspecified atom stereocenters. The largest absolute Gasteiger partial charge is 0.337 e. The summed E-state index contributed by atoms with van der Waals surface area (Å²) in [7, 11) is 0. The molecule has 2 heterocycles. The molecule has 2 aliphatic rings. The number of rotatable bonds is 2. The number of carbonyl (C=O) groups is 1. The number of nitrogens with zero attached hydrogens (tertiary/aromatic N) is 4. The van der Waals surface area contributed by atoms with Crippen LogP contribution in [0.4, 0.5) is 0 Å². The van der Waals surface area contributed by atoms with E-state index in [9.17, 15) is 4.79 Å². The van der Waals surface area contributed by atoms with Gasteiger partial charge in [0.1, 0.15) is 12.7 Å². The second-order valence-electron chi connectivity index (χ2n) is 6.26. The fraction of sp³-hybridized carbons (Fsp3) is 0.471. The Morgan fingerprint density at radius 3 is 2.95 bits per heavy atom. The Hall–Kier alpha value is -2.17. The lowest BCUT2D eigenvalue weighted by Crippen LogP contribution is -2.40. The highest BCUT2D eigenvalue weighted by molar-refractivity contribution is 5.94. The third-order valence-electron chi connectivity index (χ3n) is 4.84. The number of aryl methyl sites for hydroxylation is 2. The number of fused-ring (bicyclic) bond motifs is 1. The van der Waals surface area contributed by atoms with Gasteiger partial charge in [0, 0.05) is 18.7 Å². The summed E-state index contributed by atoms with van der Waals surface area (Å²) in [4.78, 5) is 18.8. The lowest BCUT2D eigenvalue weighted by molar-refractivity contribution is 0.0672. The Labute approximate surface area is 130 Å². The zero-order valence-electron chi connectivity index (χ0n) is 12.6. The van der Waals surface area contributed by atoms with Crippen molar-refractivity contribution < 1.29 is 4.79 Å². The molecule has 1 amide bonds. The fourth-order valence-corrected chi connectivity index (χ4v) is 3.65. The van der Waals surface area contributed by atoms with Crippen molar-refractivity contribution in [3.63, 3.8) is 0 Å². The van der Waals surface area contributed by atoms with Gasteiger partial charge in [0.15, 0.2) is 0 Å². The van der Waals surface area contributed by atoms with E-state index in [4.69, 9.17) is 0 Å². The van der Waals surface area contributed by atoms with Gasteiger partial charge in [-0.25, -0.2) is 9.67 Å². The van der Waals surface area contributed by atoms with Crippen molar-refractivity contribution in [3.05, 3.63) is 47.5 Å². The predicted octanol–water partition coefficient (Wildman–Crippen LogP) is 2.24. The van der Waals surface area contributed by atoms with Gasteiger partial charge in [0.2, 0.25) is 0 Å². The first-order valence-electron chi connectivity index (χ1n) is 8.06. The number of piperidine rings is 1. The summed E-state index contributed by atoms with van der Waals surface area (Å²) in [6, 6.07) is 6.47. The number of hydrogen-bond donors (Lipinski definition) is 0. The molecule has 0 N–H and O–H groups in total. The van der Waals surface area contributed by atoms with Crippen molar-refractivity contribution in [2.24, 2.45) is 0 Å². The highest BCUT2D eigenvalue weighted by Gasteiger charge is 2.26. The van der Waals surface area contributed by atoms with Gasteiger partial charge in [0.25, 0.3) is 5.91 Å². The lowest BCUT2D eigenvalue weighted by atomic mass is 10.0. The van der Waals surface area contributed by atoms with E-state index >= 15 is 0 Å². The standard InChI is InChI=1S/C17H20N4O/c22-17(15-7-6-13-3-1-4-14(13)9-15)20-8-2-5-16(10-20)21-12-18-11-19-21/h6-7,9,11-12,16H,1-5,8,10H2/t16-/m1/s1. The summed E-state index contributed by atoms with van der Waals surface area (Å²) in [6.07, 6.45) is 8.85. The number of amides is 1. The zero-order chi connectivity index (χ0) is 14.9. The molecule has 5 nitrogen and oxygen atoms in total. The van der Waals surface area contributed by atoms with Crippen LogP contribution >= 0.6 is 0 Å². The first-order valence-corrected chi connectivity index (χ1v) is 8.06. The summed E-state index contributed by atoms with van der Waals surface area (Å²) in [5.74, 6) is 0.152. The van der Waals surface area contributed by atoms with Gasteiger partial charge in [-0.3, -0.25) is 4.79 Å². The van der Waals surface area contributed by atoms with Gasteiger partial charge in [0.05, 0.1) is 6.04 Å². The van der Waals surface area contributed by atoms with Gasteiger partial charge < -0.3 is 4.90 Å². The Morgan fingerprint density at radius 1 is 1.18 bits per heavy atom. The molecule has 0 saturated carbocycles. The van der Waals surface area contributed by atoms with Gasteiger partial charge in [-0.05, 0) is 55.4 Å². The molecule has 1 saturated heterocycles. The zero-order valence-corrected chi connectivity index (χ0v) is 12.6. The first-order chi connectivity index (χ1) is 10.8. The van der Waals surface area contributed by atoms with E-state index in [0.29, 0.717) is 0 Å².